The van der Waals surface area contributed by atoms with Crippen molar-refractivity contribution in [3.63, 3.8) is 0 Å². The summed E-state index contributed by atoms with van der Waals surface area (Å²) in [6.45, 7) is 3.28. The van der Waals surface area contributed by atoms with Crippen molar-refractivity contribution in [2.45, 2.75) is 38.5 Å². The number of alkyl halides is 3. The molecular formula is C9H11F3O2. The number of allylic oxidation sites excluding steroid dienone is 1. The van der Waals surface area contributed by atoms with E-state index in [2.05, 4.69) is 4.74 Å². The zero-order chi connectivity index (χ0) is 11.0. The number of halogens is 3. The first-order chi connectivity index (χ1) is 6.23. The third kappa shape index (κ3) is 2.49. The zero-order valence-electron chi connectivity index (χ0n) is 7.94. The second-order valence-corrected chi connectivity index (χ2v) is 3.69. The maximum absolute atomic E-state index is 11.9. The molecule has 0 aromatic rings. The smallest absolute Gasteiger partial charge is 0.448 e. The van der Waals surface area contributed by atoms with Gasteiger partial charge in [0.25, 0.3) is 0 Å². The lowest BCUT2D eigenvalue weighted by molar-refractivity contribution is -0.209. The quantitative estimate of drug-likeness (QED) is 0.489. The van der Waals surface area contributed by atoms with E-state index < -0.39 is 17.7 Å². The van der Waals surface area contributed by atoms with Crippen molar-refractivity contribution in [3.8, 4) is 0 Å². The van der Waals surface area contributed by atoms with Gasteiger partial charge in [-0.05, 0) is 32.8 Å². The molecule has 1 rings (SSSR count). The van der Waals surface area contributed by atoms with Gasteiger partial charge in [0, 0.05) is 0 Å². The van der Waals surface area contributed by atoms with E-state index in [1.165, 1.54) is 6.92 Å². The van der Waals surface area contributed by atoms with Crippen LogP contribution in [-0.4, -0.2) is 17.7 Å². The summed E-state index contributed by atoms with van der Waals surface area (Å²) in [6.07, 6.45) is -2.26. The molecule has 0 fully saturated rings. The van der Waals surface area contributed by atoms with Crippen LogP contribution in [0.15, 0.2) is 11.6 Å². The van der Waals surface area contributed by atoms with Gasteiger partial charge in [-0.15, -0.1) is 0 Å². The summed E-state index contributed by atoms with van der Waals surface area (Å²) in [6, 6.07) is 0. The predicted octanol–water partition coefficient (Wildman–Crippen LogP) is 2.59. The molecule has 0 heterocycles. The Morgan fingerprint density at radius 3 is 2.50 bits per heavy atom. The van der Waals surface area contributed by atoms with Crippen LogP contribution in [0.25, 0.3) is 0 Å². The van der Waals surface area contributed by atoms with Gasteiger partial charge in [-0.25, -0.2) is 4.79 Å². The second kappa shape index (κ2) is 3.29. The van der Waals surface area contributed by atoms with E-state index in [1.54, 1.807) is 13.0 Å². The van der Waals surface area contributed by atoms with Crippen LogP contribution in [0.5, 0.6) is 0 Å². The highest BCUT2D eigenvalue weighted by Crippen LogP contribution is 2.32. The first-order valence-corrected chi connectivity index (χ1v) is 4.21. The Morgan fingerprint density at radius 2 is 2.14 bits per heavy atom. The molecule has 0 bridgehead atoms. The summed E-state index contributed by atoms with van der Waals surface area (Å²) in [5.41, 5.74) is -0.140. The van der Waals surface area contributed by atoms with E-state index >= 15 is 0 Å². The van der Waals surface area contributed by atoms with Crippen molar-refractivity contribution in [2.75, 3.05) is 0 Å². The number of hydrogen-bond donors (Lipinski definition) is 0. The zero-order valence-corrected chi connectivity index (χ0v) is 7.94. The van der Waals surface area contributed by atoms with Gasteiger partial charge in [0.15, 0.2) is 0 Å². The van der Waals surface area contributed by atoms with E-state index in [9.17, 15) is 18.0 Å². The summed E-state index contributed by atoms with van der Waals surface area (Å²) >= 11 is 0. The summed E-state index contributed by atoms with van der Waals surface area (Å²) in [5.74, 6) is -2.12. The standard InChI is InChI=1S/C9H11F3O2/c1-6-3-4-8(2,5-6)14-7(13)9(10,11)12/h5H,3-4H2,1-2H3. The summed E-state index contributed by atoms with van der Waals surface area (Å²) in [7, 11) is 0. The molecule has 14 heavy (non-hydrogen) atoms. The first kappa shape index (κ1) is 11.1. The third-order valence-corrected chi connectivity index (χ3v) is 2.12. The second-order valence-electron chi connectivity index (χ2n) is 3.69. The number of ether oxygens (including phenoxy) is 1. The molecule has 1 unspecified atom stereocenters. The lowest BCUT2D eigenvalue weighted by atomic mass is 10.1. The van der Waals surface area contributed by atoms with Crippen molar-refractivity contribution in [1.82, 2.24) is 0 Å². The molecule has 2 nitrogen and oxygen atoms in total. The molecule has 0 amide bonds. The van der Waals surface area contributed by atoms with E-state index in [4.69, 9.17) is 0 Å². The average molecular weight is 208 g/mol. The van der Waals surface area contributed by atoms with Crippen LogP contribution in [-0.2, 0) is 9.53 Å². The summed E-state index contributed by atoms with van der Waals surface area (Å²) < 4.78 is 40.0. The number of rotatable bonds is 1. The molecule has 0 aliphatic heterocycles. The molecule has 1 aliphatic carbocycles. The van der Waals surface area contributed by atoms with E-state index in [0.717, 1.165) is 5.57 Å². The average Bonchev–Trinajstić information content (AvgIpc) is 2.28. The third-order valence-electron chi connectivity index (χ3n) is 2.12. The highest BCUT2D eigenvalue weighted by atomic mass is 19.4. The SMILES string of the molecule is CC1=CC(C)(OC(=O)C(F)(F)F)CC1. The highest BCUT2D eigenvalue weighted by Gasteiger charge is 2.45. The largest absolute Gasteiger partial charge is 0.490 e. The molecule has 0 aromatic carbocycles. The fourth-order valence-electron chi connectivity index (χ4n) is 1.46. The number of carbonyl (C=O) groups excluding carboxylic acids is 1. The molecule has 1 atom stereocenters. The molecule has 0 saturated heterocycles. The Labute approximate surface area is 79.7 Å². The number of esters is 1. The lowest BCUT2D eigenvalue weighted by Gasteiger charge is -2.22. The summed E-state index contributed by atoms with van der Waals surface area (Å²) in [4.78, 5) is 10.6. The Balaban J connectivity index is 2.66. The van der Waals surface area contributed by atoms with Crippen molar-refractivity contribution in [3.05, 3.63) is 11.6 Å². The van der Waals surface area contributed by atoms with Crippen molar-refractivity contribution >= 4 is 5.97 Å². The van der Waals surface area contributed by atoms with Crippen LogP contribution in [0.4, 0.5) is 13.2 Å². The monoisotopic (exact) mass is 208 g/mol. The van der Waals surface area contributed by atoms with Gasteiger partial charge in [0.1, 0.15) is 5.60 Å². The Morgan fingerprint density at radius 1 is 1.57 bits per heavy atom. The minimum absolute atomic E-state index is 0.417. The fourth-order valence-corrected chi connectivity index (χ4v) is 1.46. The minimum atomic E-state index is -4.91. The molecule has 0 aromatic heterocycles. The minimum Gasteiger partial charge on any atom is -0.448 e. The topological polar surface area (TPSA) is 26.3 Å². The predicted molar refractivity (Wildman–Crippen MR) is 43.5 cm³/mol. The van der Waals surface area contributed by atoms with Gasteiger partial charge in [0.2, 0.25) is 0 Å². The Hall–Kier alpha value is -1.00. The van der Waals surface area contributed by atoms with Gasteiger partial charge in [0.05, 0.1) is 0 Å². The van der Waals surface area contributed by atoms with Gasteiger partial charge >= 0.3 is 12.1 Å². The molecular weight excluding hydrogens is 197 g/mol. The van der Waals surface area contributed by atoms with E-state index in [1.807, 2.05) is 0 Å². The van der Waals surface area contributed by atoms with Crippen LogP contribution in [0, 0.1) is 0 Å². The van der Waals surface area contributed by atoms with Crippen molar-refractivity contribution in [1.29, 1.82) is 0 Å². The summed E-state index contributed by atoms with van der Waals surface area (Å²) in [5, 5.41) is 0. The fraction of sp³-hybridized carbons (Fsp3) is 0.667. The van der Waals surface area contributed by atoms with E-state index in [-0.39, 0.29) is 0 Å². The van der Waals surface area contributed by atoms with Gasteiger partial charge in [-0.3, -0.25) is 0 Å². The number of hydrogen-bond acceptors (Lipinski definition) is 2. The number of carbonyl (C=O) groups is 1. The molecule has 0 radical (unpaired) electrons. The van der Waals surface area contributed by atoms with Gasteiger partial charge < -0.3 is 4.74 Å². The Bertz CT molecular complexity index is 280. The molecule has 0 spiro atoms. The van der Waals surface area contributed by atoms with Crippen LogP contribution in [0.1, 0.15) is 26.7 Å². The van der Waals surface area contributed by atoms with Crippen LogP contribution in [0.2, 0.25) is 0 Å². The lowest BCUT2D eigenvalue weighted by Crippen LogP contribution is -2.35. The maximum Gasteiger partial charge on any atom is 0.490 e. The Kier molecular flexibility index (Phi) is 2.61. The van der Waals surface area contributed by atoms with Crippen molar-refractivity contribution < 1.29 is 22.7 Å². The molecule has 5 heteroatoms. The normalized spacial score (nSPS) is 27.4. The van der Waals surface area contributed by atoms with Crippen molar-refractivity contribution in [2.24, 2.45) is 0 Å². The van der Waals surface area contributed by atoms with Gasteiger partial charge in [-0.2, -0.15) is 13.2 Å². The van der Waals surface area contributed by atoms with Crippen LogP contribution >= 0.6 is 0 Å². The first-order valence-electron chi connectivity index (χ1n) is 4.21. The van der Waals surface area contributed by atoms with Crippen LogP contribution < -0.4 is 0 Å². The van der Waals surface area contributed by atoms with Gasteiger partial charge in [-0.1, -0.05) is 5.57 Å². The van der Waals surface area contributed by atoms with E-state index in [0.29, 0.717) is 12.8 Å². The molecule has 80 valence electrons. The maximum atomic E-state index is 11.9. The van der Waals surface area contributed by atoms with Crippen LogP contribution in [0.3, 0.4) is 0 Å². The molecule has 0 N–H and O–H groups in total. The highest BCUT2D eigenvalue weighted by molar-refractivity contribution is 5.76. The molecule has 0 saturated carbocycles. The molecule has 1 aliphatic rings.